The van der Waals surface area contributed by atoms with Crippen LogP contribution in [0.5, 0.6) is 5.75 Å². The summed E-state index contributed by atoms with van der Waals surface area (Å²) in [4.78, 5) is 14.6. The molecule has 0 spiro atoms. The summed E-state index contributed by atoms with van der Waals surface area (Å²) in [6.07, 6.45) is 3.26. The van der Waals surface area contributed by atoms with Crippen molar-refractivity contribution in [1.82, 2.24) is 24.9 Å². The van der Waals surface area contributed by atoms with E-state index >= 15 is 0 Å². The molecule has 2 aromatic carbocycles. The van der Waals surface area contributed by atoms with Gasteiger partial charge in [0.25, 0.3) is 5.91 Å². The molecule has 0 aliphatic rings. The molecule has 0 radical (unpaired) electrons. The normalized spacial score (nSPS) is 11.0. The van der Waals surface area contributed by atoms with Crippen molar-refractivity contribution in [3.8, 4) is 11.4 Å². The van der Waals surface area contributed by atoms with Crippen LogP contribution in [0.25, 0.3) is 16.6 Å². The van der Waals surface area contributed by atoms with Gasteiger partial charge in [-0.3, -0.25) is 9.89 Å². The second kappa shape index (κ2) is 7.75. The van der Waals surface area contributed by atoms with E-state index in [1.165, 1.54) is 16.9 Å². The fourth-order valence-electron chi connectivity index (χ4n) is 3.25. The van der Waals surface area contributed by atoms with Crippen LogP contribution in [0.15, 0.2) is 54.9 Å². The highest BCUT2D eigenvalue weighted by Gasteiger charge is 2.17. The summed E-state index contributed by atoms with van der Waals surface area (Å²) >= 11 is 0. The molecule has 0 bridgehead atoms. The second-order valence-corrected chi connectivity index (χ2v) is 6.61. The summed E-state index contributed by atoms with van der Waals surface area (Å²) in [7, 11) is 1.74. The number of H-pyrrole nitrogens is 1. The molecule has 0 unspecified atom stereocenters. The van der Waals surface area contributed by atoms with Gasteiger partial charge in [-0.15, -0.1) is 5.10 Å². The van der Waals surface area contributed by atoms with E-state index in [2.05, 4.69) is 15.3 Å². The maximum Gasteiger partial charge on any atom is 0.254 e. The minimum atomic E-state index is -0.583. The van der Waals surface area contributed by atoms with Gasteiger partial charge in [-0.05, 0) is 30.7 Å². The minimum absolute atomic E-state index is 0.152. The highest BCUT2D eigenvalue weighted by molar-refractivity contribution is 5.95. The molecule has 0 fully saturated rings. The first-order valence-corrected chi connectivity index (χ1v) is 9.21. The number of benzene rings is 2. The standard InChI is InChI=1S/C21H20FN5O2/c1-3-29-18-11-14(7-8-17(18)27-10-9-19(22)25-27)21(28)26(2)13-16-6-4-5-15-12-23-24-20(15)16/h4-12H,3,13H2,1-2H3,(H,23,24). The lowest BCUT2D eigenvalue weighted by molar-refractivity contribution is 0.0785. The number of hydrogen-bond donors (Lipinski definition) is 1. The van der Waals surface area contributed by atoms with Crippen LogP contribution in [-0.2, 0) is 6.54 Å². The van der Waals surface area contributed by atoms with Crippen molar-refractivity contribution in [3.63, 3.8) is 0 Å². The summed E-state index contributed by atoms with van der Waals surface area (Å²) < 4.78 is 20.4. The van der Waals surface area contributed by atoms with Crippen LogP contribution in [0.2, 0.25) is 0 Å². The zero-order valence-electron chi connectivity index (χ0n) is 16.1. The van der Waals surface area contributed by atoms with Crippen LogP contribution in [0, 0.1) is 5.95 Å². The molecule has 0 aliphatic carbocycles. The zero-order chi connectivity index (χ0) is 20.4. The van der Waals surface area contributed by atoms with Gasteiger partial charge in [0.2, 0.25) is 5.95 Å². The van der Waals surface area contributed by atoms with E-state index in [-0.39, 0.29) is 5.91 Å². The zero-order valence-corrected chi connectivity index (χ0v) is 16.1. The number of amides is 1. The quantitative estimate of drug-likeness (QED) is 0.543. The van der Waals surface area contributed by atoms with Crippen molar-refractivity contribution in [3.05, 3.63) is 71.9 Å². The summed E-state index contributed by atoms with van der Waals surface area (Å²) in [5.41, 5.74) is 2.93. The number of hydrogen-bond acceptors (Lipinski definition) is 4. The molecule has 0 aliphatic heterocycles. The van der Waals surface area contributed by atoms with E-state index in [0.717, 1.165) is 16.5 Å². The Morgan fingerprint density at radius 3 is 2.90 bits per heavy atom. The minimum Gasteiger partial charge on any atom is -0.492 e. The van der Waals surface area contributed by atoms with E-state index in [9.17, 15) is 9.18 Å². The molecule has 4 rings (SSSR count). The Bertz CT molecular complexity index is 1170. The topological polar surface area (TPSA) is 76.0 Å². The van der Waals surface area contributed by atoms with E-state index in [0.29, 0.717) is 30.2 Å². The van der Waals surface area contributed by atoms with Crippen molar-refractivity contribution in [2.75, 3.05) is 13.7 Å². The lowest BCUT2D eigenvalue weighted by atomic mass is 10.1. The summed E-state index contributed by atoms with van der Waals surface area (Å²) in [5.74, 6) is -0.272. The first kappa shape index (κ1) is 18.7. The number of para-hydroxylation sites is 1. The van der Waals surface area contributed by atoms with Gasteiger partial charge in [0, 0.05) is 36.8 Å². The average Bonchev–Trinajstić information content (AvgIpc) is 3.37. The maximum atomic E-state index is 13.3. The largest absolute Gasteiger partial charge is 0.492 e. The summed E-state index contributed by atoms with van der Waals surface area (Å²) in [5, 5.41) is 11.8. The van der Waals surface area contributed by atoms with Crippen LogP contribution >= 0.6 is 0 Å². The smallest absolute Gasteiger partial charge is 0.254 e. The molecule has 2 aromatic heterocycles. The fourth-order valence-corrected chi connectivity index (χ4v) is 3.25. The van der Waals surface area contributed by atoms with Gasteiger partial charge >= 0.3 is 0 Å². The average molecular weight is 393 g/mol. The fraction of sp³-hybridized carbons (Fsp3) is 0.190. The molecule has 148 valence electrons. The third-order valence-electron chi connectivity index (χ3n) is 4.63. The molecule has 4 aromatic rings. The van der Waals surface area contributed by atoms with E-state index in [4.69, 9.17) is 4.74 Å². The maximum absolute atomic E-state index is 13.3. The first-order valence-electron chi connectivity index (χ1n) is 9.21. The number of nitrogens with one attached hydrogen (secondary N) is 1. The van der Waals surface area contributed by atoms with Crippen molar-refractivity contribution in [2.24, 2.45) is 0 Å². The predicted octanol–water partition coefficient (Wildman–Crippen LogP) is 3.56. The van der Waals surface area contributed by atoms with Crippen molar-refractivity contribution >= 4 is 16.8 Å². The van der Waals surface area contributed by atoms with Gasteiger partial charge in [-0.1, -0.05) is 18.2 Å². The molecule has 0 atom stereocenters. The van der Waals surface area contributed by atoms with Gasteiger partial charge < -0.3 is 9.64 Å². The Balaban J connectivity index is 1.60. The number of fused-ring (bicyclic) bond motifs is 1. The Morgan fingerprint density at radius 2 is 2.14 bits per heavy atom. The van der Waals surface area contributed by atoms with Crippen LogP contribution in [0.4, 0.5) is 4.39 Å². The summed E-state index contributed by atoms with van der Waals surface area (Å²) in [6, 6.07) is 12.2. The SMILES string of the molecule is CCOc1cc(C(=O)N(C)Cc2cccc3cn[nH]c23)ccc1-n1ccc(F)n1. The Kier molecular flexibility index (Phi) is 4.99. The molecular weight excluding hydrogens is 373 g/mol. The van der Waals surface area contributed by atoms with Gasteiger partial charge in [-0.25, -0.2) is 4.68 Å². The van der Waals surface area contributed by atoms with Crippen molar-refractivity contribution < 1.29 is 13.9 Å². The molecule has 1 N–H and O–H groups in total. The highest BCUT2D eigenvalue weighted by atomic mass is 19.1. The van der Waals surface area contributed by atoms with Crippen molar-refractivity contribution in [1.29, 1.82) is 0 Å². The molecule has 29 heavy (non-hydrogen) atoms. The van der Waals surface area contributed by atoms with Crippen LogP contribution < -0.4 is 4.74 Å². The number of nitrogens with zero attached hydrogens (tertiary/aromatic N) is 4. The third-order valence-corrected chi connectivity index (χ3v) is 4.63. The number of ether oxygens (including phenoxy) is 1. The molecule has 7 nitrogen and oxygen atoms in total. The number of rotatable bonds is 6. The third kappa shape index (κ3) is 3.69. The summed E-state index contributed by atoms with van der Waals surface area (Å²) in [6.45, 7) is 2.68. The van der Waals surface area contributed by atoms with Crippen LogP contribution in [0.1, 0.15) is 22.8 Å². The second-order valence-electron chi connectivity index (χ2n) is 6.61. The Hall–Kier alpha value is -3.68. The van der Waals surface area contributed by atoms with Crippen LogP contribution in [-0.4, -0.2) is 44.4 Å². The van der Waals surface area contributed by atoms with Gasteiger partial charge in [-0.2, -0.15) is 9.49 Å². The Labute approximate surface area is 166 Å². The molecule has 2 heterocycles. The number of aromatic nitrogens is 4. The van der Waals surface area contributed by atoms with Gasteiger partial charge in [0.05, 0.1) is 18.3 Å². The predicted molar refractivity (Wildman–Crippen MR) is 107 cm³/mol. The monoisotopic (exact) mass is 393 g/mol. The molecular formula is C21H20FN5O2. The van der Waals surface area contributed by atoms with Crippen LogP contribution in [0.3, 0.4) is 0 Å². The number of aromatic amines is 1. The molecule has 8 heteroatoms. The van der Waals surface area contributed by atoms with Gasteiger partial charge in [0.15, 0.2) is 0 Å². The number of carbonyl (C=O) groups is 1. The van der Waals surface area contributed by atoms with Crippen molar-refractivity contribution in [2.45, 2.75) is 13.5 Å². The lowest BCUT2D eigenvalue weighted by Gasteiger charge is -2.19. The molecule has 0 saturated carbocycles. The molecule has 1 amide bonds. The highest BCUT2D eigenvalue weighted by Crippen LogP contribution is 2.26. The van der Waals surface area contributed by atoms with E-state index < -0.39 is 5.95 Å². The number of halogens is 1. The lowest BCUT2D eigenvalue weighted by Crippen LogP contribution is -2.26. The Morgan fingerprint density at radius 1 is 1.28 bits per heavy atom. The molecule has 0 saturated heterocycles. The van der Waals surface area contributed by atoms with E-state index in [1.807, 2.05) is 25.1 Å². The first-order chi connectivity index (χ1) is 14.1. The van der Waals surface area contributed by atoms with Gasteiger partial charge in [0.1, 0.15) is 11.4 Å². The van der Waals surface area contributed by atoms with E-state index in [1.54, 1.807) is 36.3 Å². The number of carbonyl (C=O) groups excluding carboxylic acids is 1.